The first kappa shape index (κ1) is 13.7. The lowest BCUT2D eigenvalue weighted by molar-refractivity contribution is 0.0569. The Morgan fingerprint density at radius 1 is 1.24 bits per heavy atom. The van der Waals surface area contributed by atoms with Crippen molar-refractivity contribution in [1.29, 1.82) is 0 Å². The van der Waals surface area contributed by atoms with Crippen molar-refractivity contribution >= 4 is 11.8 Å². The van der Waals surface area contributed by atoms with E-state index in [0.29, 0.717) is 5.41 Å². The topological polar surface area (TPSA) is 29.3 Å². The summed E-state index contributed by atoms with van der Waals surface area (Å²) in [5.41, 5.74) is 6.86. The summed E-state index contributed by atoms with van der Waals surface area (Å²) >= 11 is 2.10. The lowest BCUT2D eigenvalue weighted by Crippen LogP contribution is -2.61. The Morgan fingerprint density at radius 3 is 2.41 bits per heavy atom. The first-order chi connectivity index (χ1) is 7.99. The van der Waals surface area contributed by atoms with E-state index in [1.807, 2.05) is 0 Å². The van der Waals surface area contributed by atoms with E-state index in [-0.39, 0.29) is 5.54 Å². The molecule has 1 saturated carbocycles. The molecule has 0 aromatic heterocycles. The molecular weight excluding hydrogens is 228 g/mol. The molecular formula is C14H28N2S. The molecule has 3 heteroatoms. The van der Waals surface area contributed by atoms with Gasteiger partial charge in [-0.3, -0.25) is 4.90 Å². The second-order valence-corrected chi connectivity index (χ2v) is 7.80. The predicted octanol–water partition coefficient (Wildman–Crippen LogP) is 2.72. The van der Waals surface area contributed by atoms with Crippen LogP contribution in [0, 0.1) is 5.41 Å². The SMILES string of the molecule is CN(C1CCCC1)C1(CN)CSCC(C)(C)C1. The number of thioether (sulfide) groups is 1. The van der Waals surface area contributed by atoms with Gasteiger partial charge in [0.05, 0.1) is 0 Å². The molecule has 2 nitrogen and oxygen atoms in total. The Morgan fingerprint density at radius 2 is 1.88 bits per heavy atom. The predicted molar refractivity (Wildman–Crippen MR) is 77.5 cm³/mol. The number of likely N-dealkylation sites (N-methyl/N-ethyl adjacent to an activating group) is 1. The van der Waals surface area contributed by atoms with Crippen LogP contribution in [0.1, 0.15) is 46.0 Å². The zero-order chi connectivity index (χ0) is 12.5. The molecule has 0 radical (unpaired) electrons. The summed E-state index contributed by atoms with van der Waals surface area (Å²) in [6, 6.07) is 0.785. The summed E-state index contributed by atoms with van der Waals surface area (Å²) in [4.78, 5) is 2.65. The third-order valence-corrected chi connectivity index (χ3v) is 6.40. The van der Waals surface area contributed by atoms with Gasteiger partial charge < -0.3 is 5.73 Å². The van der Waals surface area contributed by atoms with E-state index in [2.05, 4.69) is 37.6 Å². The normalized spacial score (nSPS) is 34.4. The van der Waals surface area contributed by atoms with Crippen LogP contribution in [0.3, 0.4) is 0 Å². The Hall–Kier alpha value is 0.270. The minimum atomic E-state index is 0.251. The quantitative estimate of drug-likeness (QED) is 0.842. The van der Waals surface area contributed by atoms with Crippen LogP contribution in [0.2, 0.25) is 0 Å². The first-order valence-corrected chi connectivity index (χ1v) is 8.15. The van der Waals surface area contributed by atoms with E-state index < -0.39 is 0 Å². The lowest BCUT2D eigenvalue weighted by Gasteiger charge is -2.51. The van der Waals surface area contributed by atoms with Crippen LogP contribution in [0.25, 0.3) is 0 Å². The van der Waals surface area contributed by atoms with E-state index in [1.165, 1.54) is 43.6 Å². The van der Waals surface area contributed by atoms with Gasteiger partial charge in [-0.2, -0.15) is 11.8 Å². The fourth-order valence-corrected chi connectivity index (χ4v) is 5.25. The molecule has 1 aliphatic heterocycles. The summed E-state index contributed by atoms with van der Waals surface area (Å²) in [6.07, 6.45) is 6.83. The largest absolute Gasteiger partial charge is 0.329 e. The smallest absolute Gasteiger partial charge is 0.0427 e. The molecule has 1 heterocycles. The van der Waals surface area contributed by atoms with Gasteiger partial charge in [0.15, 0.2) is 0 Å². The number of hydrogen-bond acceptors (Lipinski definition) is 3. The van der Waals surface area contributed by atoms with Crippen LogP contribution in [-0.2, 0) is 0 Å². The number of hydrogen-bond donors (Lipinski definition) is 1. The van der Waals surface area contributed by atoms with Gasteiger partial charge in [-0.15, -0.1) is 0 Å². The maximum atomic E-state index is 6.17. The van der Waals surface area contributed by atoms with Gasteiger partial charge in [-0.05, 0) is 37.5 Å². The second kappa shape index (κ2) is 5.10. The third-order valence-electron chi connectivity index (χ3n) is 4.67. The van der Waals surface area contributed by atoms with E-state index in [1.54, 1.807) is 0 Å². The van der Waals surface area contributed by atoms with Crippen molar-refractivity contribution in [2.45, 2.75) is 57.5 Å². The Bertz CT molecular complexity index is 261. The number of nitrogens with two attached hydrogens (primary N) is 1. The van der Waals surface area contributed by atoms with Gasteiger partial charge in [-0.25, -0.2) is 0 Å². The summed E-state index contributed by atoms with van der Waals surface area (Å²) in [7, 11) is 2.32. The van der Waals surface area contributed by atoms with Crippen LogP contribution >= 0.6 is 11.8 Å². The summed E-state index contributed by atoms with van der Waals surface area (Å²) in [5.74, 6) is 2.51. The third kappa shape index (κ3) is 2.82. The molecule has 0 aromatic carbocycles. The minimum absolute atomic E-state index is 0.251. The molecule has 0 spiro atoms. The average Bonchev–Trinajstić information content (AvgIpc) is 2.79. The average molecular weight is 256 g/mol. The highest BCUT2D eigenvalue weighted by atomic mass is 32.2. The van der Waals surface area contributed by atoms with E-state index >= 15 is 0 Å². The Balaban J connectivity index is 2.12. The lowest BCUT2D eigenvalue weighted by atomic mass is 9.78. The standard InChI is InChI=1S/C14H28N2S/c1-13(2)8-14(9-15,11-17-10-13)16(3)12-6-4-5-7-12/h12H,4-11,15H2,1-3H3. The first-order valence-electron chi connectivity index (χ1n) is 7.00. The van der Waals surface area contributed by atoms with E-state index in [9.17, 15) is 0 Å². The van der Waals surface area contributed by atoms with Crippen molar-refractivity contribution in [3.05, 3.63) is 0 Å². The zero-order valence-electron chi connectivity index (χ0n) is 11.7. The maximum absolute atomic E-state index is 6.17. The number of rotatable bonds is 3. The molecule has 100 valence electrons. The van der Waals surface area contributed by atoms with Crippen molar-refractivity contribution in [3.63, 3.8) is 0 Å². The molecule has 0 amide bonds. The second-order valence-electron chi connectivity index (χ2n) is 6.81. The highest BCUT2D eigenvalue weighted by Crippen LogP contribution is 2.43. The summed E-state index contributed by atoms with van der Waals surface area (Å²) < 4.78 is 0. The van der Waals surface area contributed by atoms with Crippen molar-refractivity contribution in [3.8, 4) is 0 Å². The highest BCUT2D eigenvalue weighted by Gasteiger charge is 2.44. The van der Waals surface area contributed by atoms with Crippen molar-refractivity contribution in [2.75, 3.05) is 25.1 Å². The van der Waals surface area contributed by atoms with E-state index in [0.717, 1.165) is 12.6 Å². The van der Waals surface area contributed by atoms with Crippen LogP contribution in [0.4, 0.5) is 0 Å². The van der Waals surface area contributed by atoms with Gasteiger partial charge in [-0.1, -0.05) is 26.7 Å². The number of nitrogens with zero attached hydrogens (tertiary/aromatic N) is 1. The van der Waals surface area contributed by atoms with E-state index in [4.69, 9.17) is 5.73 Å². The van der Waals surface area contributed by atoms with Crippen molar-refractivity contribution in [1.82, 2.24) is 4.90 Å². The minimum Gasteiger partial charge on any atom is -0.329 e. The summed E-state index contributed by atoms with van der Waals surface area (Å²) in [6.45, 7) is 5.61. The molecule has 2 rings (SSSR count). The molecule has 1 unspecified atom stereocenters. The molecule has 1 saturated heterocycles. The highest BCUT2D eigenvalue weighted by molar-refractivity contribution is 7.99. The maximum Gasteiger partial charge on any atom is 0.0427 e. The molecule has 2 aliphatic rings. The van der Waals surface area contributed by atoms with Crippen molar-refractivity contribution in [2.24, 2.45) is 11.1 Å². The molecule has 2 N–H and O–H groups in total. The molecule has 1 atom stereocenters. The fraction of sp³-hybridized carbons (Fsp3) is 1.00. The molecule has 0 aromatic rings. The fourth-order valence-electron chi connectivity index (χ4n) is 3.69. The van der Waals surface area contributed by atoms with Crippen LogP contribution in [-0.4, -0.2) is 41.6 Å². The monoisotopic (exact) mass is 256 g/mol. The Kier molecular flexibility index (Phi) is 4.11. The van der Waals surface area contributed by atoms with Gasteiger partial charge in [0.25, 0.3) is 0 Å². The van der Waals surface area contributed by atoms with Gasteiger partial charge in [0.2, 0.25) is 0 Å². The molecule has 2 fully saturated rings. The summed E-state index contributed by atoms with van der Waals surface area (Å²) in [5, 5.41) is 0. The van der Waals surface area contributed by atoms with Crippen LogP contribution in [0.15, 0.2) is 0 Å². The molecule has 1 aliphatic carbocycles. The van der Waals surface area contributed by atoms with Crippen LogP contribution in [0.5, 0.6) is 0 Å². The molecule has 0 bridgehead atoms. The zero-order valence-corrected chi connectivity index (χ0v) is 12.5. The molecule has 17 heavy (non-hydrogen) atoms. The van der Waals surface area contributed by atoms with Gasteiger partial charge in [0, 0.05) is 23.9 Å². The van der Waals surface area contributed by atoms with Crippen molar-refractivity contribution < 1.29 is 0 Å². The Labute approximate surface area is 111 Å². The van der Waals surface area contributed by atoms with Gasteiger partial charge in [0.1, 0.15) is 0 Å². The van der Waals surface area contributed by atoms with Crippen LogP contribution < -0.4 is 5.73 Å². The van der Waals surface area contributed by atoms with Gasteiger partial charge >= 0.3 is 0 Å².